The number of piperidine rings is 1. The summed E-state index contributed by atoms with van der Waals surface area (Å²) in [5, 5.41) is 9.71. The summed E-state index contributed by atoms with van der Waals surface area (Å²) < 4.78 is 0. The number of amides is 2. The maximum absolute atomic E-state index is 11.9. The summed E-state index contributed by atoms with van der Waals surface area (Å²) in [5.74, 6) is -0.0805. The maximum Gasteiger partial charge on any atom is 0.251 e. The van der Waals surface area contributed by atoms with Crippen molar-refractivity contribution >= 4 is 23.4 Å². The molecule has 3 N–H and O–H groups in total. The number of carbonyl (C=O) groups is 2. The first-order valence-electron chi connectivity index (χ1n) is 7.69. The molecule has 0 unspecified atom stereocenters. The highest BCUT2D eigenvalue weighted by Crippen LogP contribution is 2.09. The van der Waals surface area contributed by atoms with Crippen molar-refractivity contribution in [3.05, 3.63) is 34.9 Å². The fourth-order valence-electron chi connectivity index (χ4n) is 2.42. The third-order valence-electron chi connectivity index (χ3n) is 3.68. The molecule has 2 amide bonds. The van der Waals surface area contributed by atoms with Crippen LogP contribution in [0.5, 0.6) is 0 Å². The van der Waals surface area contributed by atoms with Crippen molar-refractivity contribution in [2.75, 3.05) is 19.6 Å². The van der Waals surface area contributed by atoms with Gasteiger partial charge in [0.2, 0.25) is 5.91 Å². The van der Waals surface area contributed by atoms with E-state index in [9.17, 15) is 9.59 Å². The molecule has 1 aliphatic heterocycles. The van der Waals surface area contributed by atoms with Crippen LogP contribution < -0.4 is 16.0 Å². The molecule has 5 nitrogen and oxygen atoms in total. The summed E-state index contributed by atoms with van der Waals surface area (Å²) >= 11 is 5.78. The van der Waals surface area contributed by atoms with E-state index in [2.05, 4.69) is 16.0 Å². The first-order valence-corrected chi connectivity index (χ1v) is 8.07. The van der Waals surface area contributed by atoms with Crippen molar-refractivity contribution in [2.24, 2.45) is 0 Å². The predicted molar refractivity (Wildman–Crippen MR) is 87.1 cm³/mol. The molecule has 0 aromatic heterocycles. The van der Waals surface area contributed by atoms with Crippen LogP contribution in [0, 0.1) is 0 Å². The number of benzene rings is 1. The standard InChI is InChI=1S/C16H22ClN3O2/c17-13-5-3-12(4-6-13)16(22)19-9-1-2-15(21)20-14-7-10-18-11-8-14/h3-6,14,18H,1-2,7-11H2,(H,19,22)(H,20,21). The van der Waals surface area contributed by atoms with Gasteiger partial charge in [-0.05, 0) is 56.6 Å². The normalized spacial score (nSPS) is 15.3. The molecule has 1 aromatic carbocycles. The zero-order valence-corrected chi connectivity index (χ0v) is 13.3. The molecule has 6 heteroatoms. The Morgan fingerprint density at radius 2 is 1.86 bits per heavy atom. The topological polar surface area (TPSA) is 70.2 Å². The van der Waals surface area contributed by atoms with Crippen LogP contribution in [0.2, 0.25) is 5.02 Å². The average Bonchev–Trinajstić information content (AvgIpc) is 2.53. The van der Waals surface area contributed by atoms with Gasteiger partial charge in [-0.15, -0.1) is 0 Å². The van der Waals surface area contributed by atoms with Gasteiger partial charge in [0.25, 0.3) is 5.91 Å². The lowest BCUT2D eigenvalue weighted by Gasteiger charge is -2.23. The molecule has 0 saturated carbocycles. The van der Waals surface area contributed by atoms with Crippen LogP contribution in [0.15, 0.2) is 24.3 Å². The number of carbonyl (C=O) groups excluding carboxylic acids is 2. The second-order valence-electron chi connectivity index (χ2n) is 5.46. The lowest BCUT2D eigenvalue weighted by Crippen LogP contribution is -2.42. The van der Waals surface area contributed by atoms with Crippen molar-refractivity contribution in [3.63, 3.8) is 0 Å². The van der Waals surface area contributed by atoms with Crippen molar-refractivity contribution in [3.8, 4) is 0 Å². The minimum atomic E-state index is -0.143. The van der Waals surface area contributed by atoms with Gasteiger partial charge in [-0.3, -0.25) is 9.59 Å². The average molecular weight is 324 g/mol. The second-order valence-corrected chi connectivity index (χ2v) is 5.89. The van der Waals surface area contributed by atoms with Gasteiger partial charge >= 0.3 is 0 Å². The molecule has 1 fully saturated rings. The molecule has 1 saturated heterocycles. The van der Waals surface area contributed by atoms with Gasteiger partial charge in [-0.1, -0.05) is 11.6 Å². The molecular formula is C16H22ClN3O2. The molecule has 120 valence electrons. The Morgan fingerprint density at radius 1 is 1.18 bits per heavy atom. The molecule has 0 aliphatic carbocycles. The Bertz CT molecular complexity index is 499. The lowest BCUT2D eigenvalue weighted by molar-refractivity contribution is -0.122. The van der Waals surface area contributed by atoms with E-state index < -0.39 is 0 Å². The smallest absolute Gasteiger partial charge is 0.251 e. The molecule has 1 aromatic rings. The van der Waals surface area contributed by atoms with Gasteiger partial charge in [-0.25, -0.2) is 0 Å². The Labute approximate surface area is 135 Å². The second kappa shape index (κ2) is 8.76. The highest BCUT2D eigenvalue weighted by Gasteiger charge is 2.14. The van der Waals surface area contributed by atoms with Crippen LogP contribution in [-0.2, 0) is 4.79 Å². The van der Waals surface area contributed by atoms with E-state index in [-0.39, 0.29) is 17.9 Å². The van der Waals surface area contributed by atoms with Crippen LogP contribution in [0.3, 0.4) is 0 Å². The van der Waals surface area contributed by atoms with E-state index in [0.717, 1.165) is 25.9 Å². The molecule has 0 radical (unpaired) electrons. The van der Waals surface area contributed by atoms with Crippen molar-refractivity contribution in [1.82, 2.24) is 16.0 Å². The molecular weight excluding hydrogens is 302 g/mol. The summed E-state index contributed by atoms with van der Waals surface area (Å²) in [6, 6.07) is 7.02. The fourth-order valence-corrected chi connectivity index (χ4v) is 2.55. The highest BCUT2D eigenvalue weighted by molar-refractivity contribution is 6.30. The van der Waals surface area contributed by atoms with Gasteiger partial charge in [0.1, 0.15) is 0 Å². The Kier molecular flexibility index (Phi) is 6.68. The van der Waals surface area contributed by atoms with E-state index >= 15 is 0 Å². The van der Waals surface area contributed by atoms with Crippen molar-refractivity contribution in [2.45, 2.75) is 31.7 Å². The van der Waals surface area contributed by atoms with Crippen LogP contribution in [0.1, 0.15) is 36.0 Å². The number of halogens is 1. The number of hydrogen-bond donors (Lipinski definition) is 3. The summed E-state index contributed by atoms with van der Waals surface area (Å²) in [4.78, 5) is 23.7. The summed E-state index contributed by atoms with van der Waals surface area (Å²) in [6.45, 7) is 2.41. The van der Waals surface area contributed by atoms with Crippen LogP contribution in [-0.4, -0.2) is 37.5 Å². The molecule has 22 heavy (non-hydrogen) atoms. The van der Waals surface area contributed by atoms with E-state index in [4.69, 9.17) is 11.6 Å². The summed E-state index contributed by atoms with van der Waals surface area (Å²) in [5.41, 5.74) is 0.573. The SMILES string of the molecule is O=C(CCCNC(=O)c1ccc(Cl)cc1)NC1CCNCC1. The van der Waals surface area contributed by atoms with Crippen LogP contribution >= 0.6 is 11.6 Å². The first-order chi connectivity index (χ1) is 10.6. The third-order valence-corrected chi connectivity index (χ3v) is 3.93. The fraction of sp³-hybridized carbons (Fsp3) is 0.500. The molecule has 2 rings (SSSR count). The van der Waals surface area contributed by atoms with Crippen molar-refractivity contribution < 1.29 is 9.59 Å². The van der Waals surface area contributed by atoms with Gasteiger partial charge < -0.3 is 16.0 Å². The number of rotatable bonds is 6. The predicted octanol–water partition coefficient (Wildman–Crippen LogP) is 1.72. The largest absolute Gasteiger partial charge is 0.353 e. The third kappa shape index (κ3) is 5.66. The van der Waals surface area contributed by atoms with E-state index in [1.165, 1.54) is 0 Å². The number of nitrogens with one attached hydrogen (secondary N) is 3. The van der Waals surface area contributed by atoms with E-state index in [0.29, 0.717) is 30.0 Å². The van der Waals surface area contributed by atoms with Gasteiger partial charge in [0.05, 0.1) is 0 Å². The minimum Gasteiger partial charge on any atom is -0.353 e. The van der Waals surface area contributed by atoms with Crippen LogP contribution in [0.25, 0.3) is 0 Å². The van der Waals surface area contributed by atoms with E-state index in [1.807, 2.05) is 0 Å². The Hall–Kier alpha value is -1.59. The van der Waals surface area contributed by atoms with Gasteiger partial charge in [0.15, 0.2) is 0 Å². The quantitative estimate of drug-likeness (QED) is 0.698. The lowest BCUT2D eigenvalue weighted by atomic mass is 10.1. The van der Waals surface area contributed by atoms with Crippen LogP contribution in [0.4, 0.5) is 0 Å². The summed E-state index contributed by atoms with van der Waals surface area (Å²) in [7, 11) is 0. The monoisotopic (exact) mass is 323 g/mol. The Balaban J connectivity index is 1.61. The maximum atomic E-state index is 11.9. The van der Waals surface area contributed by atoms with Crippen molar-refractivity contribution in [1.29, 1.82) is 0 Å². The Morgan fingerprint density at radius 3 is 2.55 bits per heavy atom. The van der Waals surface area contributed by atoms with E-state index in [1.54, 1.807) is 24.3 Å². The molecule has 0 spiro atoms. The van der Waals surface area contributed by atoms with Gasteiger partial charge in [-0.2, -0.15) is 0 Å². The first kappa shape index (κ1) is 16.8. The number of hydrogen-bond acceptors (Lipinski definition) is 3. The molecule has 0 atom stereocenters. The zero-order valence-electron chi connectivity index (χ0n) is 12.5. The minimum absolute atomic E-state index is 0.0626. The highest BCUT2D eigenvalue weighted by atomic mass is 35.5. The molecule has 1 heterocycles. The molecule has 1 aliphatic rings. The molecule has 0 bridgehead atoms. The zero-order chi connectivity index (χ0) is 15.8. The summed E-state index contributed by atoms with van der Waals surface area (Å²) in [6.07, 6.45) is 3.04. The van der Waals surface area contributed by atoms with Gasteiger partial charge in [0, 0.05) is 29.6 Å².